The number of aliphatic carboxylic acids is 1. The molecule has 0 unspecified atom stereocenters. The number of nitrogens with zero attached hydrogens (tertiary/aromatic N) is 3. The number of carbonyl (C=O) groups is 2. The molecule has 2 aromatic rings. The van der Waals surface area contributed by atoms with Crippen molar-refractivity contribution in [2.45, 2.75) is 25.3 Å². The van der Waals surface area contributed by atoms with Crippen molar-refractivity contribution in [2.75, 3.05) is 19.6 Å². The quantitative estimate of drug-likeness (QED) is 0.755. The summed E-state index contributed by atoms with van der Waals surface area (Å²) in [5.41, 5.74) is -0.130. The van der Waals surface area contributed by atoms with Gasteiger partial charge in [0.25, 0.3) is 5.89 Å². The zero-order chi connectivity index (χ0) is 20.5. The maximum atomic E-state index is 13.9. The highest BCUT2D eigenvalue weighted by Crippen LogP contribution is 2.31. The maximum absolute atomic E-state index is 13.9. The predicted octanol–water partition coefficient (Wildman–Crippen LogP) is 1.93. The Morgan fingerprint density at radius 1 is 1.24 bits per heavy atom. The molecule has 2 atom stereocenters. The molecular weight excluding hydrogens is 386 g/mol. The predicted molar refractivity (Wildman–Crippen MR) is 95.8 cm³/mol. The minimum absolute atomic E-state index is 0.130. The summed E-state index contributed by atoms with van der Waals surface area (Å²) in [6.45, 7) is 1.95. The Morgan fingerprint density at radius 3 is 2.72 bits per heavy atom. The van der Waals surface area contributed by atoms with E-state index in [4.69, 9.17) is 4.42 Å². The van der Waals surface area contributed by atoms with E-state index in [1.54, 1.807) is 0 Å². The Bertz CT molecular complexity index is 931. The highest BCUT2D eigenvalue weighted by Gasteiger charge is 2.37. The average Bonchev–Trinajstić information content (AvgIpc) is 3.35. The smallest absolute Gasteiger partial charge is 0.309 e. The lowest BCUT2D eigenvalue weighted by Gasteiger charge is -2.36. The Morgan fingerprint density at radius 2 is 2.03 bits per heavy atom. The fourth-order valence-corrected chi connectivity index (χ4v) is 3.59. The van der Waals surface area contributed by atoms with Crippen molar-refractivity contribution in [1.29, 1.82) is 0 Å². The summed E-state index contributed by atoms with van der Waals surface area (Å²) < 4.78 is 32.1. The average molecular weight is 406 g/mol. The van der Waals surface area contributed by atoms with Gasteiger partial charge >= 0.3 is 17.8 Å². The van der Waals surface area contributed by atoms with Gasteiger partial charge in [0.05, 0.1) is 11.5 Å². The number of nitrogens with one attached hydrogen (secondary N) is 1. The molecule has 2 aliphatic rings. The van der Waals surface area contributed by atoms with E-state index in [9.17, 15) is 23.5 Å². The molecule has 0 bridgehead atoms. The molecule has 2 N–H and O–H groups in total. The van der Waals surface area contributed by atoms with Crippen LogP contribution in [0.15, 0.2) is 22.6 Å². The molecular formula is C19H20F2N4O4. The molecule has 4 rings (SSSR count). The first-order valence-electron chi connectivity index (χ1n) is 9.45. The number of halogens is 2. The van der Waals surface area contributed by atoms with Crippen LogP contribution in [0.5, 0.6) is 0 Å². The number of carboxylic acids is 1. The van der Waals surface area contributed by atoms with Crippen LogP contribution in [0.1, 0.15) is 29.9 Å². The van der Waals surface area contributed by atoms with Crippen molar-refractivity contribution in [3.63, 3.8) is 0 Å². The lowest BCUT2D eigenvalue weighted by Crippen LogP contribution is -2.54. The molecule has 29 heavy (non-hydrogen) atoms. The van der Waals surface area contributed by atoms with Crippen LogP contribution < -0.4 is 5.32 Å². The van der Waals surface area contributed by atoms with Crippen LogP contribution in [0.2, 0.25) is 0 Å². The Kier molecular flexibility index (Phi) is 5.27. The van der Waals surface area contributed by atoms with Crippen LogP contribution in [-0.2, 0) is 4.79 Å². The molecule has 1 amide bonds. The van der Waals surface area contributed by atoms with Crippen LogP contribution in [0.3, 0.4) is 0 Å². The second-order valence-electron chi connectivity index (χ2n) is 7.55. The number of carboxylic acid groups (broad SMARTS) is 1. The second-order valence-corrected chi connectivity index (χ2v) is 7.55. The van der Waals surface area contributed by atoms with Crippen LogP contribution >= 0.6 is 0 Å². The van der Waals surface area contributed by atoms with E-state index in [0.29, 0.717) is 31.5 Å². The van der Waals surface area contributed by atoms with Gasteiger partial charge in [0.1, 0.15) is 11.6 Å². The fraction of sp³-hybridized carbons (Fsp3) is 0.474. The molecule has 1 aromatic carbocycles. The molecule has 1 saturated heterocycles. The number of piperidine rings is 1. The SMILES string of the molecule is O=C(N[C@@H]1CCN(CC2CC2)C[C@H]1C(=O)O)c1nnc(-c2ccc(F)cc2F)o1. The first-order chi connectivity index (χ1) is 13.9. The van der Waals surface area contributed by atoms with Gasteiger partial charge < -0.3 is 19.7 Å². The molecule has 0 spiro atoms. The largest absolute Gasteiger partial charge is 0.481 e. The second kappa shape index (κ2) is 7.86. The third kappa shape index (κ3) is 4.42. The minimum atomic E-state index is -0.976. The summed E-state index contributed by atoms with van der Waals surface area (Å²) in [5, 5.41) is 19.5. The number of likely N-dealkylation sites (tertiary alicyclic amines) is 1. The standard InChI is InChI=1S/C19H20F2N4O4/c20-11-3-4-12(14(21)7-11)17-23-24-18(29-17)16(26)22-15-5-6-25(8-10-1-2-10)9-13(15)19(27)28/h3-4,7,10,13,15H,1-2,5-6,8-9H2,(H,22,26)(H,27,28)/t13-,15-/m1/s1. The number of rotatable bonds is 6. The first kappa shape index (κ1) is 19.4. The summed E-state index contributed by atoms with van der Waals surface area (Å²) in [5.74, 6) is -4.11. The fourth-order valence-electron chi connectivity index (χ4n) is 3.59. The third-order valence-corrected chi connectivity index (χ3v) is 5.32. The van der Waals surface area contributed by atoms with Crippen LogP contribution in [0, 0.1) is 23.5 Å². The Balaban J connectivity index is 1.43. The molecule has 1 aliphatic heterocycles. The van der Waals surface area contributed by atoms with E-state index < -0.39 is 41.4 Å². The molecule has 0 radical (unpaired) electrons. The monoisotopic (exact) mass is 406 g/mol. The molecule has 1 saturated carbocycles. The van der Waals surface area contributed by atoms with E-state index in [1.165, 1.54) is 12.8 Å². The molecule has 10 heteroatoms. The van der Waals surface area contributed by atoms with Gasteiger partial charge in [-0.1, -0.05) is 0 Å². The molecule has 8 nitrogen and oxygen atoms in total. The van der Waals surface area contributed by atoms with E-state index in [0.717, 1.165) is 18.7 Å². The maximum Gasteiger partial charge on any atom is 0.309 e. The minimum Gasteiger partial charge on any atom is -0.481 e. The van der Waals surface area contributed by atoms with Crippen molar-refractivity contribution < 1.29 is 27.9 Å². The van der Waals surface area contributed by atoms with Crippen molar-refractivity contribution in [2.24, 2.45) is 11.8 Å². The van der Waals surface area contributed by atoms with Crippen LogP contribution in [0.4, 0.5) is 8.78 Å². The molecule has 1 aliphatic carbocycles. The summed E-state index contributed by atoms with van der Waals surface area (Å²) in [6, 6.07) is 2.27. The van der Waals surface area contributed by atoms with Crippen molar-refractivity contribution in [1.82, 2.24) is 20.4 Å². The van der Waals surface area contributed by atoms with Gasteiger partial charge in [-0.15, -0.1) is 10.2 Å². The molecule has 154 valence electrons. The number of carbonyl (C=O) groups excluding carboxylic acids is 1. The Labute approximate surface area is 164 Å². The zero-order valence-electron chi connectivity index (χ0n) is 15.5. The summed E-state index contributed by atoms with van der Waals surface area (Å²) in [6.07, 6.45) is 2.86. The number of hydrogen-bond acceptors (Lipinski definition) is 6. The van der Waals surface area contributed by atoms with Crippen LogP contribution in [-0.4, -0.2) is 57.8 Å². The third-order valence-electron chi connectivity index (χ3n) is 5.32. The van der Waals surface area contributed by atoms with E-state index >= 15 is 0 Å². The summed E-state index contributed by atoms with van der Waals surface area (Å²) in [4.78, 5) is 26.3. The van der Waals surface area contributed by atoms with Gasteiger partial charge in [-0.3, -0.25) is 9.59 Å². The van der Waals surface area contributed by atoms with E-state index in [2.05, 4.69) is 20.4 Å². The van der Waals surface area contributed by atoms with Crippen molar-refractivity contribution in [3.05, 3.63) is 35.7 Å². The highest BCUT2D eigenvalue weighted by atomic mass is 19.1. The number of aromatic nitrogens is 2. The van der Waals surface area contributed by atoms with E-state index in [1.807, 2.05) is 0 Å². The van der Waals surface area contributed by atoms with E-state index in [-0.39, 0.29) is 11.5 Å². The summed E-state index contributed by atoms with van der Waals surface area (Å²) >= 11 is 0. The number of hydrogen-bond donors (Lipinski definition) is 2. The first-order valence-corrected chi connectivity index (χ1v) is 9.45. The normalized spacial score (nSPS) is 22.4. The lowest BCUT2D eigenvalue weighted by atomic mass is 9.92. The number of benzene rings is 1. The highest BCUT2D eigenvalue weighted by molar-refractivity contribution is 5.90. The van der Waals surface area contributed by atoms with Gasteiger partial charge in [0.2, 0.25) is 0 Å². The summed E-state index contributed by atoms with van der Waals surface area (Å²) in [7, 11) is 0. The topological polar surface area (TPSA) is 109 Å². The lowest BCUT2D eigenvalue weighted by molar-refractivity contribution is -0.144. The van der Waals surface area contributed by atoms with Gasteiger partial charge in [-0.05, 0) is 37.3 Å². The van der Waals surface area contributed by atoms with Crippen molar-refractivity contribution in [3.8, 4) is 11.5 Å². The number of amides is 1. The van der Waals surface area contributed by atoms with Crippen LogP contribution in [0.25, 0.3) is 11.5 Å². The molecule has 2 fully saturated rings. The Hall–Kier alpha value is -2.88. The van der Waals surface area contributed by atoms with Gasteiger partial charge in [-0.25, -0.2) is 8.78 Å². The zero-order valence-corrected chi connectivity index (χ0v) is 15.5. The van der Waals surface area contributed by atoms with Gasteiger partial charge in [0, 0.05) is 31.7 Å². The van der Waals surface area contributed by atoms with Gasteiger partial charge in [-0.2, -0.15) is 0 Å². The molecule has 2 heterocycles. The van der Waals surface area contributed by atoms with Crippen molar-refractivity contribution >= 4 is 11.9 Å². The van der Waals surface area contributed by atoms with Gasteiger partial charge in [0.15, 0.2) is 0 Å². The molecule has 1 aromatic heterocycles.